The van der Waals surface area contributed by atoms with Gasteiger partial charge in [-0.2, -0.15) is 5.26 Å². The Morgan fingerprint density at radius 2 is 2.00 bits per heavy atom. The van der Waals surface area contributed by atoms with Crippen molar-refractivity contribution in [2.45, 2.75) is 26.4 Å². The molecule has 1 amide bonds. The molecule has 1 aromatic rings. The Morgan fingerprint density at radius 1 is 1.36 bits per heavy atom. The number of rotatable bonds is 6. The second kappa shape index (κ2) is 8.63. The van der Waals surface area contributed by atoms with Crippen LogP contribution in [0.15, 0.2) is 30.3 Å². The van der Waals surface area contributed by atoms with Crippen molar-refractivity contribution in [1.29, 1.82) is 5.26 Å². The lowest BCUT2D eigenvalue weighted by Crippen LogP contribution is -2.37. The zero-order chi connectivity index (χ0) is 16.5. The molecule has 1 aromatic carbocycles. The number of esters is 1. The number of benzene rings is 1. The van der Waals surface area contributed by atoms with Crippen LogP contribution in [0, 0.1) is 18.3 Å². The Morgan fingerprint density at radius 3 is 2.59 bits per heavy atom. The summed E-state index contributed by atoms with van der Waals surface area (Å²) >= 11 is 0. The van der Waals surface area contributed by atoms with Crippen LogP contribution >= 0.6 is 0 Å². The van der Waals surface area contributed by atoms with Crippen molar-refractivity contribution in [2.24, 2.45) is 0 Å². The maximum atomic E-state index is 11.9. The Hall–Kier alpha value is -2.61. The quantitative estimate of drug-likeness (QED) is 0.597. The summed E-state index contributed by atoms with van der Waals surface area (Å²) < 4.78 is 5.06. The number of nitriles is 1. The van der Waals surface area contributed by atoms with Gasteiger partial charge in [-0.25, -0.2) is 4.79 Å². The molecule has 0 aliphatic rings. The molecule has 0 N–H and O–H groups in total. The molecule has 0 heterocycles. The average Bonchev–Trinajstić information content (AvgIpc) is 2.51. The molecule has 0 aliphatic carbocycles. The molecule has 0 radical (unpaired) electrons. The monoisotopic (exact) mass is 300 g/mol. The number of carbonyl (C=O) groups is 2. The minimum absolute atomic E-state index is 0.246. The van der Waals surface area contributed by atoms with Crippen LogP contribution in [0.3, 0.4) is 0 Å². The fourth-order valence-electron chi connectivity index (χ4n) is 1.74. The fraction of sp³-hybridized carbons (Fsp3) is 0.353. The van der Waals surface area contributed by atoms with E-state index in [4.69, 9.17) is 10.00 Å². The largest absolute Gasteiger partial charge is 0.449 e. The summed E-state index contributed by atoms with van der Waals surface area (Å²) in [6.07, 6.45) is 2.30. The molecule has 0 bridgehead atoms. The van der Waals surface area contributed by atoms with Crippen LogP contribution in [0.1, 0.15) is 24.5 Å². The first-order valence-electron chi connectivity index (χ1n) is 7.01. The maximum Gasteiger partial charge on any atom is 0.331 e. The molecule has 5 nitrogen and oxygen atoms in total. The minimum atomic E-state index is -0.876. The number of ether oxygens (including phenoxy) is 1. The summed E-state index contributed by atoms with van der Waals surface area (Å²) in [5, 5.41) is 8.49. The molecule has 22 heavy (non-hydrogen) atoms. The first kappa shape index (κ1) is 17.4. The predicted octanol–water partition coefficient (Wildman–Crippen LogP) is 2.31. The number of likely N-dealkylation sites (N-methyl/N-ethyl adjacent to an activating group) is 1. The van der Waals surface area contributed by atoms with E-state index in [0.717, 1.165) is 11.1 Å². The van der Waals surface area contributed by atoms with Gasteiger partial charge in [-0.3, -0.25) is 4.79 Å². The van der Waals surface area contributed by atoms with E-state index in [2.05, 4.69) is 0 Å². The van der Waals surface area contributed by atoms with Gasteiger partial charge >= 0.3 is 5.97 Å². The normalized spacial score (nSPS) is 11.7. The maximum absolute atomic E-state index is 11.9. The average molecular weight is 300 g/mol. The Labute approximate surface area is 130 Å². The van der Waals surface area contributed by atoms with Crippen LogP contribution in [0.4, 0.5) is 0 Å². The molecule has 0 saturated heterocycles. The number of hydrogen-bond donors (Lipinski definition) is 0. The molecule has 0 aromatic heterocycles. The smallest absolute Gasteiger partial charge is 0.331 e. The molecular weight excluding hydrogens is 280 g/mol. The van der Waals surface area contributed by atoms with Crippen molar-refractivity contribution in [3.05, 3.63) is 41.5 Å². The summed E-state index contributed by atoms with van der Waals surface area (Å²) in [4.78, 5) is 25.0. The van der Waals surface area contributed by atoms with E-state index in [1.165, 1.54) is 17.9 Å². The highest BCUT2D eigenvalue weighted by Gasteiger charge is 2.20. The highest BCUT2D eigenvalue weighted by Crippen LogP contribution is 2.06. The topological polar surface area (TPSA) is 70.4 Å². The number of carbonyl (C=O) groups excluding carboxylic acids is 2. The zero-order valence-electron chi connectivity index (χ0n) is 13.1. The van der Waals surface area contributed by atoms with Crippen molar-refractivity contribution < 1.29 is 14.3 Å². The van der Waals surface area contributed by atoms with Crippen LogP contribution in [0.25, 0.3) is 6.08 Å². The van der Waals surface area contributed by atoms with Gasteiger partial charge in [0.25, 0.3) is 5.91 Å². The molecule has 116 valence electrons. The minimum Gasteiger partial charge on any atom is -0.449 e. The first-order valence-corrected chi connectivity index (χ1v) is 7.01. The second-order valence-corrected chi connectivity index (χ2v) is 4.99. The lowest BCUT2D eigenvalue weighted by molar-refractivity contribution is -0.154. The lowest BCUT2D eigenvalue weighted by atomic mass is 10.1. The molecule has 0 aliphatic heterocycles. The van der Waals surface area contributed by atoms with E-state index in [0.29, 0.717) is 6.54 Å². The van der Waals surface area contributed by atoms with E-state index in [1.807, 2.05) is 37.3 Å². The Balaban J connectivity index is 2.51. The van der Waals surface area contributed by atoms with Crippen molar-refractivity contribution in [1.82, 2.24) is 4.90 Å². The van der Waals surface area contributed by atoms with E-state index in [9.17, 15) is 9.59 Å². The standard InChI is InChI=1S/C17H20N2O3/c1-13-5-7-15(8-6-13)9-10-16(20)22-14(2)17(21)19(3)12-4-11-18/h5-10,14H,4,12H2,1-3H3/b10-9+/t14-/m0/s1. The molecule has 0 fully saturated rings. The molecule has 5 heteroatoms. The number of nitrogens with zero attached hydrogens (tertiary/aromatic N) is 2. The van der Waals surface area contributed by atoms with Gasteiger partial charge in [0.15, 0.2) is 6.10 Å². The van der Waals surface area contributed by atoms with Gasteiger partial charge in [0.2, 0.25) is 0 Å². The van der Waals surface area contributed by atoms with Crippen molar-refractivity contribution >= 4 is 18.0 Å². The van der Waals surface area contributed by atoms with Gasteiger partial charge in [-0.1, -0.05) is 29.8 Å². The van der Waals surface area contributed by atoms with Crippen molar-refractivity contribution in [3.8, 4) is 6.07 Å². The lowest BCUT2D eigenvalue weighted by Gasteiger charge is -2.19. The van der Waals surface area contributed by atoms with Gasteiger partial charge in [-0.15, -0.1) is 0 Å². The summed E-state index contributed by atoms with van der Waals surface area (Å²) in [6.45, 7) is 3.82. The van der Waals surface area contributed by atoms with Gasteiger partial charge < -0.3 is 9.64 Å². The van der Waals surface area contributed by atoms with Crippen molar-refractivity contribution in [3.63, 3.8) is 0 Å². The highest BCUT2D eigenvalue weighted by atomic mass is 16.5. The summed E-state index contributed by atoms with van der Waals surface area (Å²) in [7, 11) is 1.58. The third-order valence-electron chi connectivity index (χ3n) is 3.07. The van der Waals surface area contributed by atoms with Crippen molar-refractivity contribution in [2.75, 3.05) is 13.6 Å². The number of aryl methyl sites for hydroxylation is 1. The van der Waals surface area contributed by atoms with Gasteiger partial charge in [0.1, 0.15) is 0 Å². The van der Waals surface area contributed by atoms with Crippen LogP contribution in [0.5, 0.6) is 0 Å². The molecular formula is C17H20N2O3. The van der Waals surface area contributed by atoms with E-state index in [-0.39, 0.29) is 12.3 Å². The zero-order valence-corrected chi connectivity index (χ0v) is 13.1. The van der Waals surface area contributed by atoms with Crippen LogP contribution in [0.2, 0.25) is 0 Å². The van der Waals surface area contributed by atoms with Gasteiger partial charge in [0.05, 0.1) is 12.5 Å². The van der Waals surface area contributed by atoms with E-state index >= 15 is 0 Å². The fourth-order valence-corrected chi connectivity index (χ4v) is 1.74. The number of hydrogen-bond acceptors (Lipinski definition) is 4. The third-order valence-corrected chi connectivity index (χ3v) is 3.07. The Kier molecular flexibility index (Phi) is 6.84. The molecule has 0 spiro atoms. The molecule has 1 atom stereocenters. The molecule has 0 unspecified atom stereocenters. The van der Waals surface area contributed by atoms with Gasteiger partial charge in [0, 0.05) is 19.7 Å². The predicted molar refractivity (Wildman–Crippen MR) is 83.6 cm³/mol. The number of amides is 1. The van der Waals surface area contributed by atoms with E-state index < -0.39 is 12.1 Å². The summed E-state index contributed by atoms with van der Waals surface area (Å²) in [6, 6.07) is 9.64. The van der Waals surface area contributed by atoms with Crippen LogP contribution in [-0.4, -0.2) is 36.5 Å². The highest BCUT2D eigenvalue weighted by molar-refractivity contribution is 5.90. The van der Waals surface area contributed by atoms with Crippen LogP contribution < -0.4 is 0 Å². The molecule has 1 rings (SSSR count). The second-order valence-electron chi connectivity index (χ2n) is 4.99. The van der Waals surface area contributed by atoms with Crippen LogP contribution in [-0.2, 0) is 14.3 Å². The SMILES string of the molecule is Cc1ccc(/C=C/C(=O)O[C@@H](C)C(=O)N(C)CCC#N)cc1. The van der Waals surface area contributed by atoms with Gasteiger partial charge in [-0.05, 0) is 25.5 Å². The Bertz CT molecular complexity index is 585. The first-order chi connectivity index (χ1) is 10.4. The summed E-state index contributed by atoms with van der Waals surface area (Å²) in [5.74, 6) is -0.901. The van der Waals surface area contributed by atoms with E-state index in [1.54, 1.807) is 13.1 Å². The summed E-state index contributed by atoms with van der Waals surface area (Å²) in [5.41, 5.74) is 2.02. The molecule has 0 saturated carbocycles. The third kappa shape index (κ3) is 5.80.